The van der Waals surface area contributed by atoms with E-state index >= 15 is 0 Å². The quantitative estimate of drug-likeness (QED) is 0.509. The molecular formula is C22H18ClF3N4O2. The first kappa shape index (κ1) is 20.9. The molecule has 2 aliphatic rings. The summed E-state index contributed by atoms with van der Waals surface area (Å²) in [6.07, 6.45) is 1.22. The lowest BCUT2D eigenvalue weighted by Crippen LogP contribution is -2.50. The fourth-order valence-electron chi connectivity index (χ4n) is 4.80. The minimum absolute atomic E-state index is 0.146. The van der Waals surface area contributed by atoms with Crippen LogP contribution in [0, 0.1) is 6.92 Å². The highest BCUT2D eigenvalue weighted by molar-refractivity contribution is 6.34. The Morgan fingerprint density at radius 3 is 2.78 bits per heavy atom. The largest absolute Gasteiger partial charge is 0.417 e. The number of halogens is 4. The normalized spacial score (nSPS) is 20.2. The molecule has 0 aliphatic carbocycles. The van der Waals surface area contributed by atoms with Crippen LogP contribution in [0.15, 0.2) is 35.2 Å². The van der Waals surface area contributed by atoms with E-state index in [1.165, 1.54) is 18.4 Å². The van der Waals surface area contributed by atoms with Gasteiger partial charge in [-0.2, -0.15) is 13.2 Å². The molecule has 2 unspecified atom stereocenters. The Labute approximate surface area is 186 Å². The summed E-state index contributed by atoms with van der Waals surface area (Å²) in [4.78, 5) is 24.4. The lowest BCUT2D eigenvalue weighted by Gasteiger charge is -2.46. The highest BCUT2D eigenvalue weighted by Gasteiger charge is 2.44. The Hall–Kier alpha value is -2.94. The lowest BCUT2D eigenvalue weighted by molar-refractivity contribution is -0.137. The maximum absolute atomic E-state index is 13.5. The smallest absolute Gasteiger partial charge is 0.364 e. The van der Waals surface area contributed by atoms with Gasteiger partial charge in [-0.05, 0) is 44.7 Å². The number of alkyl halides is 3. The van der Waals surface area contributed by atoms with Gasteiger partial charge in [-0.3, -0.25) is 4.79 Å². The number of piperidine rings is 1. The van der Waals surface area contributed by atoms with Crippen LogP contribution in [0.5, 0.6) is 0 Å². The predicted molar refractivity (Wildman–Crippen MR) is 109 cm³/mol. The molecule has 4 heterocycles. The van der Waals surface area contributed by atoms with Gasteiger partial charge < -0.3 is 9.42 Å². The number of aromatic nitrogens is 3. The molecular weight excluding hydrogens is 445 g/mol. The maximum atomic E-state index is 13.5. The molecule has 1 aromatic carbocycles. The number of rotatable bonds is 2. The number of hydrogen-bond donors (Lipinski definition) is 0. The number of nitrogens with zero attached hydrogens (tertiary/aromatic N) is 4. The average molecular weight is 463 g/mol. The molecule has 32 heavy (non-hydrogen) atoms. The van der Waals surface area contributed by atoms with Gasteiger partial charge in [-0.15, -0.1) is 0 Å². The van der Waals surface area contributed by atoms with Crippen LogP contribution in [0.25, 0.3) is 11.3 Å². The fraction of sp³-hybridized carbons (Fsp3) is 0.364. The number of fused-ring (bicyclic) bond motifs is 4. The van der Waals surface area contributed by atoms with Crippen molar-refractivity contribution in [1.29, 1.82) is 0 Å². The van der Waals surface area contributed by atoms with Crippen LogP contribution in [0.3, 0.4) is 0 Å². The van der Waals surface area contributed by atoms with Crippen LogP contribution in [0.2, 0.25) is 5.02 Å². The second kappa shape index (κ2) is 7.58. The number of hydrogen-bond acceptors (Lipinski definition) is 5. The molecule has 2 aliphatic heterocycles. The zero-order valence-electron chi connectivity index (χ0n) is 17.0. The molecule has 1 fully saturated rings. The van der Waals surface area contributed by atoms with Crippen LogP contribution in [0.1, 0.15) is 58.3 Å². The van der Waals surface area contributed by atoms with Gasteiger partial charge in [-0.1, -0.05) is 22.8 Å². The number of benzene rings is 1. The number of amides is 1. The Bertz CT molecular complexity index is 1200. The molecule has 5 rings (SSSR count). The van der Waals surface area contributed by atoms with Gasteiger partial charge in [-0.25, -0.2) is 9.97 Å². The predicted octanol–water partition coefficient (Wildman–Crippen LogP) is 5.40. The van der Waals surface area contributed by atoms with E-state index in [1.807, 2.05) is 0 Å². The SMILES string of the molecule is Cc1nc(-c2cnoc2)c2c(n1)C1CCCC(C2)N1C(=O)c1cccc(C(F)(F)F)c1Cl. The zero-order valence-corrected chi connectivity index (χ0v) is 17.7. The summed E-state index contributed by atoms with van der Waals surface area (Å²) in [6.45, 7) is 1.77. The highest BCUT2D eigenvalue weighted by Crippen LogP contribution is 2.45. The van der Waals surface area contributed by atoms with E-state index < -0.39 is 22.7 Å². The van der Waals surface area contributed by atoms with E-state index in [2.05, 4.69) is 15.1 Å². The monoisotopic (exact) mass is 462 g/mol. The molecule has 10 heteroatoms. The van der Waals surface area contributed by atoms with Crippen LogP contribution >= 0.6 is 11.6 Å². The molecule has 0 saturated carbocycles. The van der Waals surface area contributed by atoms with Crippen molar-refractivity contribution in [1.82, 2.24) is 20.0 Å². The van der Waals surface area contributed by atoms with Crippen molar-refractivity contribution in [3.05, 3.63) is 63.9 Å². The summed E-state index contributed by atoms with van der Waals surface area (Å²) in [5, 5.41) is 3.19. The molecule has 0 radical (unpaired) electrons. The van der Waals surface area contributed by atoms with Crippen molar-refractivity contribution < 1.29 is 22.5 Å². The van der Waals surface area contributed by atoms with Gasteiger partial charge in [0.1, 0.15) is 12.1 Å². The molecule has 166 valence electrons. The van der Waals surface area contributed by atoms with Crippen molar-refractivity contribution in [2.45, 2.75) is 50.9 Å². The standard InChI is InChI=1S/C22H18ClF3N4O2/c1-11-28-19(12-9-27-32-10-12)15-8-13-4-2-7-17(20(15)29-11)30(13)21(31)14-5-3-6-16(18(14)23)22(24,25)26/h3,5-6,9-10,13,17H,2,4,7-8H2,1H3. The number of carbonyl (C=O) groups is 1. The Morgan fingerprint density at radius 2 is 2.06 bits per heavy atom. The van der Waals surface area contributed by atoms with E-state index in [0.717, 1.165) is 41.4 Å². The molecule has 3 aromatic rings. The van der Waals surface area contributed by atoms with Gasteiger partial charge in [0.25, 0.3) is 5.91 Å². The molecule has 0 spiro atoms. The molecule has 0 N–H and O–H groups in total. The van der Waals surface area contributed by atoms with Gasteiger partial charge >= 0.3 is 6.18 Å². The second-order valence-corrected chi connectivity index (χ2v) is 8.46. The van der Waals surface area contributed by atoms with Crippen molar-refractivity contribution >= 4 is 17.5 Å². The number of carbonyl (C=O) groups excluding carboxylic acids is 1. The fourth-order valence-corrected chi connectivity index (χ4v) is 5.12. The highest BCUT2D eigenvalue weighted by atomic mass is 35.5. The Balaban J connectivity index is 1.60. The maximum Gasteiger partial charge on any atom is 0.417 e. The first-order chi connectivity index (χ1) is 15.3. The molecule has 1 amide bonds. The van der Waals surface area contributed by atoms with E-state index in [-0.39, 0.29) is 17.6 Å². The van der Waals surface area contributed by atoms with Gasteiger partial charge in [0.2, 0.25) is 0 Å². The second-order valence-electron chi connectivity index (χ2n) is 8.08. The van der Waals surface area contributed by atoms with E-state index in [9.17, 15) is 18.0 Å². The first-order valence-corrected chi connectivity index (χ1v) is 10.6. The third-order valence-electron chi connectivity index (χ3n) is 6.13. The van der Waals surface area contributed by atoms with Gasteiger partial charge in [0.05, 0.1) is 45.3 Å². The van der Waals surface area contributed by atoms with Crippen molar-refractivity contribution in [3.63, 3.8) is 0 Å². The third kappa shape index (κ3) is 3.35. The lowest BCUT2D eigenvalue weighted by atomic mass is 9.81. The first-order valence-electron chi connectivity index (χ1n) is 10.2. The number of aryl methyl sites for hydroxylation is 1. The molecule has 2 bridgehead atoms. The summed E-state index contributed by atoms with van der Waals surface area (Å²) in [7, 11) is 0. The summed E-state index contributed by atoms with van der Waals surface area (Å²) < 4.78 is 45.0. The molecule has 2 atom stereocenters. The minimum atomic E-state index is -4.64. The van der Waals surface area contributed by atoms with Crippen LogP contribution < -0.4 is 0 Å². The van der Waals surface area contributed by atoms with Crippen molar-refractivity contribution in [2.24, 2.45) is 0 Å². The molecule has 2 aromatic heterocycles. The Kier molecular flexibility index (Phi) is 4.96. The molecule has 6 nitrogen and oxygen atoms in total. The Morgan fingerprint density at radius 1 is 1.25 bits per heavy atom. The summed E-state index contributed by atoms with van der Waals surface area (Å²) in [5.74, 6) is 0.0257. The molecule has 1 saturated heterocycles. The van der Waals surface area contributed by atoms with Crippen molar-refractivity contribution in [2.75, 3.05) is 0 Å². The average Bonchev–Trinajstić information content (AvgIpc) is 3.27. The summed E-state index contributed by atoms with van der Waals surface area (Å²) in [6, 6.07) is 2.89. The van der Waals surface area contributed by atoms with Crippen LogP contribution in [-0.4, -0.2) is 32.0 Å². The van der Waals surface area contributed by atoms with Gasteiger partial charge in [0, 0.05) is 11.6 Å². The van der Waals surface area contributed by atoms with E-state index in [4.69, 9.17) is 16.1 Å². The summed E-state index contributed by atoms with van der Waals surface area (Å²) >= 11 is 6.07. The topological polar surface area (TPSA) is 72.1 Å². The van der Waals surface area contributed by atoms with Crippen LogP contribution in [0.4, 0.5) is 13.2 Å². The van der Waals surface area contributed by atoms with Crippen LogP contribution in [-0.2, 0) is 12.6 Å². The van der Waals surface area contributed by atoms with Gasteiger partial charge in [0.15, 0.2) is 0 Å². The zero-order chi connectivity index (χ0) is 22.6. The van der Waals surface area contributed by atoms with E-state index in [1.54, 1.807) is 18.0 Å². The minimum Gasteiger partial charge on any atom is -0.364 e. The third-order valence-corrected chi connectivity index (χ3v) is 6.53. The summed E-state index contributed by atoms with van der Waals surface area (Å²) in [5.41, 5.74) is 1.93. The van der Waals surface area contributed by atoms with E-state index in [0.29, 0.717) is 18.7 Å². The van der Waals surface area contributed by atoms with Crippen molar-refractivity contribution in [3.8, 4) is 11.3 Å².